The molecule has 16 heavy (non-hydrogen) atoms. The molecule has 1 fully saturated rings. The first-order valence-electron chi connectivity index (χ1n) is 5.67. The summed E-state index contributed by atoms with van der Waals surface area (Å²) >= 11 is 0. The number of rotatable bonds is 2. The maximum absolute atomic E-state index is 5.82. The molecule has 0 atom stereocenters. The third kappa shape index (κ3) is 1.35. The van der Waals surface area contributed by atoms with E-state index in [0.717, 1.165) is 16.9 Å². The molecule has 0 bridgehead atoms. The van der Waals surface area contributed by atoms with Crippen molar-refractivity contribution in [2.24, 2.45) is 0 Å². The van der Waals surface area contributed by atoms with Gasteiger partial charge in [-0.15, -0.1) is 0 Å². The standard InChI is InChI=1S/C11H15N5/c1-6(2)16-11-9(10(12)15-16)13-5-8(14-11)7-3-4-7/h5-7H,3-4H2,1-2H3,(H2,12,15). The Morgan fingerprint density at radius 2 is 2.19 bits per heavy atom. The van der Waals surface area contributed by atoms with Crippen LogP contribution in [0.2, 0.25) is 0 Å². The second-order valence-electron chi connectivity index (χ2n) is 4.66. The first-order valence-corrected chi connectivity index (χ1v) is 5.67. The number of nitrogens with two attached hydrogens (primary N) is 1. The van der Waals surface area contributed by atoms with Crippen LogP contribution in [0.5, 0.6) is 0 Å². The van der Waals surface area contributed by atoms with Crippen molar-refractivity contribution in [1.29, 1.82) is 0 Å². The third-order valence-electron chi connectivity index (χ3n) is 2.93. The average molecular weight is 217 g/mol. The Bertz CT molecular complexity index is 539. The molecule has 1 aliphatic carbocycles. The third-order valence-corrected chi connectivity index (χ3v) is 2.93. The number of nitrogen functional groups attached to an aromatic ring is 1. The van der Waals surface area contributed by atoms with Crippen LogP contribution in [0.1, 0.15) is 44.3 Å². The highest BCUT2D eigenvalue weighted by Crippen LogP contribution is 2.39. The summed E-state index contributed by atoms with van der Waals surface area (Å²) in [6.07, 6.45) is 4.29. The van der Waals surface area contributed by atoms with Crippen molar-refractivity contribution in [3.63, 3.8) is 0 Å². The fourth-order valence-electron chi connectivity index (χ4n) is 1.88. The monoisotopic (exact) mass is 217 g/mol. The molecule has 5 nitrogen and oxygen atoms in total. The smallest absolute Gasteiger partial charge is 0.179 e. The van der Waals surface area contributed by atoms with E-state index in [1.165, 1.54) is 12.8 Å². The van der Waals surface area contributed by atoms with E-state index in [-0.39, 0.29) is 6.04 Å². The van der Waals surface area contributed by atoms with Crippen LogP contribution in [0.25, 0.3) is 11.2 Å². The molecule has 0 aliphatic heterocycles. The normalized spacial score (nSPS) is 16.2. The quantitative estimate of drug-likeness (QED) is 0.833. The number of fused-ring (bicyclic) bond motifs is 1. The lowest BCUT2D eigenvalue weighted by Crippen LogP contribution is -2.04. The molecule has 2 heterocycles. The number of hydrogen-bond donors (Lipinski definition) is 1. The van der Waals surface area contributed by atoms with Gasteiger partial charge in [-0.2, -0.15) is 5.10 Å². The lowest BCUT2D eigenvalue weighted by molar-refractivity contribution is 0.548. The molecule has 5 heteroatoms. The molecule has 0 aromatic carbocycles. The van der Waals surface area contributed by atoms with E-state index < -0.39 is 0 Å². The molecule has 1 saturated carbocycles. The van der Waals surface area contributed by atoms with Crippen molar-refractivity contribution in [2.75, 3.05) is 5.73 Å². The summed E-state index contributed by atoms with van der Waals surface area (Å²) in [5.74, 6) is 1.08. The zero-order valence-electron chi connectivity index (χ0n) is 9.51. The molecule has 0 amide bonds. The Labute approximate surface area is 93.7 Å². The van der Waals surface area contributed by atoms with Gasteiger partial charge in [0.15, 0.2) is 17.0 Å². The van der Waals surface area contributed by atoms with Crippen molar-refractivity contribution < 1.29 is 0 Å². The van der Waals surface area contributed by atoms with Crippen LogP contribution in [0.15, 0.2) is 6.20 Å². The molecule has 0 spiro atoms. The summed E-state index contributed by atoms with van der Waals surface area (Å²) in [5, 5.41) is 4.28. The number of hydrogen-bond acceptors (Lipinski definition) is 4. The Morgan fingerprint density at radius 1 is 1.44 bits per heavy atom. The summed E-state index contributed by atoms with van der Waals surface area (Å²) in [6, 6.07) is 0.253. The van der Waals surface area contributed by atoms with Gasteiger partial charge in [0, 0.05) is 18.2 Å². The summed E-state index contributed by atoms with van der Waals surface area (Å²) in [5.41, 5.74) is 8.44. The van der Waals surface area contributed by atoms with Crippen LogP contribution in [0.3, 0.4) is 0 Å². The SMILES string of the molecule is CC(C)n1nc(N)c2ncc(C3CC3)nc21. The summed E-state index contributed by atoms with van der Waals surface area (Å²) in [6.45, 7) is 4.13. The van der Waals surface area contributed by atoms with E-state index in [9.17, 15) is 0 Å². The topological polar surface area (TPSA) is 69.6 Å². The van der Waals surface area contributed by atoms with E-state index in [1.807, 2.05) is 10.9 Å². The molecule has 0 radical (unpaired) electrons. The minimum Gasteiger partial charge on any atom is -0.380 e. The second kappa shape index (κ2) is 3.17. The van der Waals surface area contributed by atoms with Crippen LogP contribution in [0, 0.1) is 0 Å². The number of nitrogens with zero attached hydrogens (tertiary/aromatic N) is 4. The highest BCUT2D eigenvalue weighted by molar-refractivity contribution is 5.82. The first kappa shape index (κ1) is 9.57. The van der Waals surface area contributed by atoms with Gasteiger partial charge in [0.05, 0.1) is 5.69 Å². The molecule has 2 aromatic rings. The van der Waals surface area contributed by atoms with Crippen LogP contribution in [-0.4, -0.2) is 19.7 Å². The highest BCUT2D eigenvalue weighted by atomic mass is 15.3. The second-order valence-corrected chi connectivity index (χ2v) is 4.66. The van der Waals surface area contributed by atoms with Crippen LogP contribution in [0.4, 0.5) is 5.82 Å². The van der Waals surface area contributed by atoms with Gasteiger partial charge in [-0.25, -0.2) is 14.6 Å². The van der Waals surface area contributed by atoms with Gasteiger partial charge in [0.25, 0.3) is 0 Å². The molecule has 0 unspecified atom stereocenters. The largest absolute Gasteiger partial charge is 0.380 e. The fraction of sp³-hybridized carbons (Fsp3) is 0.545. The summed E-state index contributed by atoms with van der Waals surface area (Å²) < 4.78 is 1.85. The fourth-order valence-corrected chi connectivity index (χ4v) is 1.88. The molecule has 2 N–H and O–H groups in total. The lowest BCUT2D eigenvalue weighted by atomic mass is 10.3. The van der Waals surface area contributed by atoms with Crippen LogP contribution in [-0.2, 0) is 0 Å². The van der Waals surface area contributed by atoms with Crippen molar-refractivity contribution in [1.82, 2.24) is 19.7 Å². The van der Waals surface area contributed by atoms with Crippen molar-refractivity contribution in [3.05, 3.63) is 11.9 Å². The Kier molecular flexibility index (Phi) is 1.89. The van der Waals surface area contributed by atoms with E-state index in [0.29, 0.717) is 11.7 Å². The van der Waals surface area contributed by atoms with Crippen molar-refractivity contribution >= 4 is 17.0 Å². The summed E-state index contributed by atoms with van der Waals surface area (Å²) in [4.78, 5) is 9.01. The maximum Gasteiger partial charge on any atom is 0.179 e. The van der Waals surface area contributed by atoms with Crippen LogP contribution < -0.4 is 5.73 Å². The number of aromatic nitrogens is 4. The summed E-state index contributed by atoms with van der Waals surface area (Å²) in [7, 11) is 0. The zero-order chi connectivity index (χ0) is 11.3. The number of anilines is 1. The highest BCUT2D eigenvalue weighted by Gasteiger charge is 2.26. The predicted molar refractivity (Wildman–Crippen MR) is 62.1 cm³/mol. The van der Waals surface area contributed by atoms with E-state index in [1.54, 1.807) is 0 Å². The van der Waals surface area contributed by atoms with Gasteiger partial charge >= 0.3 is 0 Å². The van der Waals surface area contributed by atoms with Gasteiger partial charge < -0.3 is 5.73 Å². The lowest BCUT2D eigenvalue weighted by Gasteiger charge is -2.06. The minimum absolute atomic E-state index is 0.253. The van der Waals surface area contributed by atoms with Gasteiger partial charge in [-0.3, -0.25) is 0 Å². The van der Waals surface area contributed by atoms with E-state index in [4.69, 9.17) is 5.73 Å². The van der Waals surface area contributed by atoms with Crippen LogP contribution >= 0.6 is 0 Å². The van der Waals surface area contributed by atoms with E-state index >= 15 is 0 Å². The van der Waals surface area contributed by atoms with Gasteiger partial charge in [-0.05, 0) is 26.7 Å². The Balaban J connectivity index is 2.22. The van der Waals surface area contributed by atoms with Crippen molar-refractivity contribution in [3.8, 4) is 0 Å². The zero-order valence-corrected chi connectivity index (χ0v) is 9.51. The Morgan fingerprint density at radius 3 is 2.81 bits per heavy atom. The molecule has 0 saturated heterocycles. The molecule has 2 aromatic heterocycles. The first-order chi connectivity index (χ1) is 7.66. The maximum atomic E-state index is 5.82. The Hall–Kier alpha value is -1.65. The predicted octanol–water partition coefficient (Wildman–Crippen LogP) is 1.87. The molecule has 3 rings (SSSR count). The van der Waals surface area contributed by atoms with Gasteiger partial charge in [0.2, 0.25) is 0 Å². The van der Waals surface area contributed by atoms with E-state index in [2.05, 4.69) is 28.9 Å². The molecular weight excluding hydrogens is 202 g/mol. The average Bonchev–Trinajstić information content (AvgIpc) is 3.04. The van der Waals surface area contributed by atoms with Gasteiger partial charge in [0.1, 0.15) is 0 Å². The van der Waals surface area contributed by atoms with Gasteiger partial charge in [-0.1, -0.05) is 0 Å². The molecular formula is C11H15N5. The molecule has 84 valence electrons. The minimum atomic E-state index is 0.253. The van der Waals surface area contributed by atoms with Crippen molar-refractivity contribution in [2.45, 2.75) is 38.6 Å². The molecule has 1 aliphatic rings.